The Hall–Kier alpha value is -3.86. The summed E-state index contributed by atoms with van der Waals surface area (Å²) in [4.78, 5) is 22.0. The molecule has 0 bridgehead atoms. The molecule has 1 aliphatic carbocycles. The largest absolute Gasteiger partial charge is 0.490 e. The Morgan fingerprint density at radius 2 is 1.47 bits per heavy atom. The lowest BCUT2D eigenvalue weighted by Gasteiger charge is -2.17. The second kappa shape index (κ2) is 11.7. The van der Waals surface area contributed by atoms with E-state index in [2.05, 4.69) is 22.2 Å². The minimum atomic E-state index is -5.08. The van der Waals surface area contributed by atoms with E-state index in [1.165, 1.54) is 5.56 Å². The van der Waals surface area contributed by atoms with E-state index in [9.17, 15) is 26.4 Å². The zero-order valence-corrected chi connectivity index (χ0v) is 21.3. The number of hydrogen-bond acceptors (Lipinski definition) is 4. The number of carbonyl (C=O) groups excluding carboxylic acids is 1. The van der Waals surface area contributed by atoms with E-state index in [4.69, 9.17) is 9.90 Å². The van der Waals surface area contributed by atoms with Crippen LogP contribution >= 0.6 is 0 Å². The van der Waals surface area contributed by atoms with Crippen molar-refractivity contribution in [3.05, 3.63) is 95.6 Å². The first-order chi connectivity index (χ1) is 17.8. The lowest BCUT2D eigenvalue weighted by atomic mass is 9.94. The molecule has 0 heterocycles. The second-order valence-electron chi connectivity index (χ2n) is 8.82. The van der Waals surface area contributed by atoms with Crippen molar-refractivity contribution in [1.29, 1.82) is 0 Å². The molecule has 3 aromatic carbocycles. The van der Waals surface area contributed by atoms with E-state index >= 15 is 0 Å². The normalized spacial score (nSPS) is 14.0. The molecule has 3 aromatic rings. The number of benzene rings is 3. The van der Waals surface area contributed by atoms with Gasteiger partial charge in [-0.3, -0.25) is 9.52 Å². The van der Waals surface area contributed by atoms with Gasteiger partial charge in [-0.05, 0) is 61.1 Å². The number of nitrogens with one attached hydrogen (secondary N) is 2. The summed E-state index contributed by atoms with van der Waals surface area (Å²) >= 11 is 0. The number of alkyl halides is 3. The van der Waals surface area contributed by atoms with Crippen LogP contribution in [0.4, 0.5) is 18.9 Å². The maximum atomic E-state index is 12.8. The number of aryl methyl sites for hydroxylation is 1. The van der Waals surface area contributed by atoms with Gasteiger partial charge in [0.15, 0.2) is 0 Å². The van der Waals surface area contributed by atoms with Gasteiger partial charge in [-0.25, -0.2) is 13.2 Å². The molecule has 0 aromatic heterocycles. The topological polar surface area (TPSA) is 113 Å². The Bertz CT molecular complexity index is 1370. The number of carboxylic acid groups (broad SMARTS) is 1. The standard InChI is InChI=1S/C25H26N2O3S.C2HF3O2/c1-19-7-5-6-10-23(19)31(29,30)27-22-13-11-21(12-14-22)25(16-17-25)24(28)26-18-15-20-8-3-2-4-9-20;3-2(4,5)1(6)7/h2-14,27H,15-18H2,1H3,(H,26,28);(H,6,7). The van der Waals surface area contributed by atoms with Crippen LogP contribution in [0.3, 0.4) is 0 Å². The molecule has 0 unspecified atom stereocenters. The van der Waals surface area contributed by atoms with Gasteiger partial charge < -0.3 is 10.4 Å². The molecule has 0 spiro atoms. The Balaban J connectivity index is 0.000000505. The van der Waals surface area contributed by atoms with Gasteiger partial charge in [0, 0.05) is 12.2 Å². The van der Waals surface area contributed by atoms with E-state index in [0.29, 0.717) is 17.8 Å². The number of carbonyl (C=O) groups is 2. The Kier molecular flexibility index (Phi) is 8.82. The molecule has 4 rings (SSSR count). The van der Waals surface area contributed by atoms with Gasteiger partial charge in [0.2, 0.25) is 5.91 Å². The molecule has 0 radical (unpaired) electrons. The van der Waals surface area contributed by atoms with Crippen molar-refractivity contribution >= 4 is 27.6 Å². The highest BCUT2D eigenvalue weighted by Gasteiger charge is 2.51. The summed E-state index contributed by atoms with van der Waals surface area (Å²) in [5.41, 5.74) is 2.79. The molecule has 7 nitrogen and oxygen atoms in total. The van der Waals surface area contributed by atoms with Crippen molar-refractivity contribution < 1.29 is 36.3 Å². The van der Waals surface area contributed by atoms with E-state index in [0.717, 1.165) is 24.8 Å². The predicted molar refractivity (Wildman–Crippen MR) is 136 cm³/mol. The highest BCUT2D eigenvalue weighted by molar-refractivity contribution is 7.92. The van der Waals surface area contributed by atoms with Gasteiger partial charge >= 0.3 is 12.1 Å². The smallest absolute Gasteiger partial charge is 0.475 e. The van der Waals surface area contributed by atoms with Gasteiger partial charge in [0.1, 0.15) is 0 Å². The fourth-order valence-corrected chi connectivity index (χ4v) is 5.14. The molecule has 0 saturated heterocycles. The number of carboxylic acids is 1. The molecule has 0 atom stereocenters. The first kappa shape index (κ1) is 28.7. The molecule has 202 valence electrons. The van der Waals surface area contributed by atoms with Gasteiger partial charge in [-0.2, -0.15) is 13.2 Å². The lowest BCUT2D eigenvalue weighted by molar-refractivity contribution is -0.192. The number of rotatable bonds is 8. The SMILES string of the molecule is Cc1ccccc1S(=O)(=O)Nc1ccc(C2(C(=O)NCCc3ccccc3)CC2)cc1.O=C(O)C(F)(F)F. The molecule has 0 aliphatic heterocycles. The van der Waals surface area contributed by atoms with Crippen molar-refractivity contribution in [2.75, 3.05) is 11.3 Å². The van der Waals surface area contributed by atoms with E-state index in [1.54, 1.807) is 37.3 Å². The zero-order valence-electron chi connectivity index (χ0n) is 20.5. The molecular formula is C27H27F3N2O5S. The first-order valence-corrected chi connectivity index (χ1v) is 13.1. The zero-order chi connectivity index (χ0) is 28.0. The predicted octanol–water partition coefficient (Wildman–Crippen LogP) is 4.82. The molecule has 11 heteroatoms. The molecule has 1 amide bonds. The third kappa shape index (κ3) is 7.34. The third-order valence-electron chi connectivity index (χ3n) is 6.04. The third-order valence-corrected chi connectivity index (χ3v) is 7.58. The molecule has 38 heavy (non-hydrogen) atoms. The number of hydrogen-bond donors (Lipinski definition) is 3. The van der Waals surface area contributed by atoms with E-state index in [-0.39, 0.29) is 10.8 Å². The molecule has 1 aliphatic rings. The average molecular weight is 549 g/mol. The van der Waals surface area contributed by atoms with Crippen LogP contribution in [-0.2, 0) is 31.4 Å². The average Bonchev–Trinajstić information content (AvgIpc) is 3.67. The first-order valence-electron chi connectivity index (χ1n) is 11.7. The van der Waals surface area contributed by atoms with Gasteiger partial charge in [0.25, 0.3) is 10.0 Å². The van der Waals surface area contributed by atoms with Gasteiger partial charge in [0.05, 0.1) is 10.3 Å². The van der Waals surface area contributed by atoms with Crippen molar-refractivity contribution in [3.63, 3.8) is 0 Å². The minimum absolute atomic E-state index is 0.0386. The Labute approximate surface area is 218 Å². The summed E-state index contributed by atoms with van der Waals surface area (Å²) in [6.07, 6.45) is -2.68. The molecule has 3 N–H and O–H groups in total. The summed E-state index contributed by atoms with van der Waals surface area (Å²) in [6.45, 7) is 2.36. The van der Waals surface area contributed by atoms with Crippen LogP contribution in [0.5, 0.6) is 0 Å². The maximum Gasteiger partial charge on any atom is 0.490 e. The highest BCUT2D eigenvalue weighted by Crippen LogP contribution is 2.48. The van der Waals surface area contributed by atoms with Crippen LogP contribution in [0.15, 0.2) is 83.8 Å². The van der Waals surface area contributed by atoms with E-state index < -0.39 is 27.6 Å². The number of sulfonamides is 1. The Morgan fingerprint density at radius 1 is 0.921 bits per heavy atom. The number of anilines is 1. The lowest BCUT2D eigenvalue weighted by Crippen LogP contribution is -2.35. The number of aliphatic carboxylic acids is 1. The maximum absolute atomic E-state index is 12.8. The van der Waals surface area contributed by atoms with Gasteiger partial charge in [-0.1, -0.05) is 60.7 Å². The summed E-state index contributed by atoms with van der Waals surface area (Å²) < 4.78 is 59.7. The van der Waals surface area contributed by atoms with Crippen LogP contribution < -0.4 is 10.0 Å². The number of amides is 1. The quantitative estimate of drug-likeness (QED) is 0.374. The van der Waals surface area contributed by atoms with Crippen molar-refractivity contribution in [3.8, 4) is 0 Å². The number of halogens is 3. The fraction of sp³-hybridized carbons (Fsp3) is 0.259. The highest BCUT2D eigenvalue weighted by atomic mass is 32.2. The van der Waals surface area contributed by atoms with Crippen LogP contribution in [0.2, 0.25) is 0 Å². The molecule has 1 saturated carbocycles. The summed E-state index contributed by atoms with van der Waals surface area (Å²) in [7, 11) is -3.66. The van der Waals surface area contributed by atoms with Crippen molar-refractivity contribution in [2.24, 2.45) is 0 Å². The minimum Gasteiger partial charge on any atom is -0.475 e. The van der Waals surface area contributed by atoms with E-state index in [1.807, 2.05) is 36.4 Å². The summed E-state index contributed by atoms with van der Waals surface area (Å²) in [5.74, 6) is -2.72. The monoisotopic (exact) mass is 548 g/mol. The van der Waals surface area contributed by atoms with Crippen LogP contribution in [0.1, 0.15) is 29.5 Å². The summed E-state index contributed by atoms with van der Waals surface area (Å²) in [5, 5.41) is 10.2. The van der Waals surface area contributed by atoms with Crippen LogP contribution in [-0.4, -0.2) is 38.1 Å². The fourth-order valence-electron chi connectivity index (χ4n) is 3.83. The van der Waals surface area contributed by atoms with Crippen LogP contribution in [0, 0.1) is 6.92 Å². The van der Waals surface area contributed by atoms with Crippen molar-refractivity contribution in [2.45, 2.75) is 42.7 Å². The Morgan fingerprint density at radius 3 is 2.00 bits per heavy atom. The van der Waals surface area contributed by atoms with Crippen molar-refractivity contribution in [1.82, 2.24) is 5.32 Å². The molecule has 1 fully saturated rings. The van der Waals surface area contributed by atoms with Crippen LogP contribution in [0.25, 0.3) is 0 Å². The second-order valence-corrected chi connectivity index (χ2v) is 10.5. The van der Waals surface area contributed by atoms with Gasteiger partial charge in [-0.15, -0.1) is 0 Å². The summed E-state index contributed by atoms with van der Waals surface area (Å²) in [6, 6.07) is 24.1. The molecular weight excluding hydrogens is 521 g/mol.